The van der Waals surface area contributed by atoms with Gasteiger partial charge in [-0.3, -0.25) is 14.6 Å². The molecule has 0 atom stereocenters. The van der Waals surface area contributed by atoms with Gasteiger partial charge in [-0.15, -0.1) is 11.3 Å². The smallest absolute Gasteiger partial charge is 0.273 e. The van der Waals surface area contributed by atoms with Crippen LogP contribution in [0.3, 0.4) is 0 Å². The first-order chi connectivity index (χ1) is 11.5. The minimum atomic E-state index is -0.143. The van der Waals surface area contributed by atoms with E-state index < -0.39 is 0 Å². The Morgan fingerprint density at radius 1 is 1.25 bits per heavy atom. The number of nitrogens with zero attached hydrogens (tertiary/aromatic N) is 3. The molecular weight excluding hydrogens is 328 g/mol. The van der Waals surface area contributed by atoms with Crippen LogP contribution >= 0.6 is 11.3 Å². The molecule has 2 aromatic rings. The van der Waals surface area contributed by atoms with E-state index in [2.05, 4.69) is 15.0 Å². The fraction of sp³-hybridized carbons (Fsp3) is 0.467. The van der Waals surface area contributed by atoms with Crippen molar-refractivity contribution in [2.24, 2.45) is 0 Å². The normalized spacial score (nSPS) is 18.8. The summed E-state index contributed by atoms with van der Waals surface area (Å²) >= 11 is 1.27. The summed E-state index contributed by atoms with van der Waals surface area (Å²) in [6, 6.07) is 0. The lowest BCUT2D eigenvalue weighted by Gasteiger charge is -2.39. The zero-order valence-electron chi connectivity index (χ0n) is 13.0. The molecule has 1 amide bonds. The fourth-order valence-corrected chi connectivity index (χ4v) is 4.38. The number of hydrogen-bond acceptors (Lipinski definition) is 7. The van der Waals surface area contributed by atoms with Gasteiger partial charge in [0.05, 0.1) is 5.69 Å². The SMILES string of the molecule is Nc1nc2c(c(=O)[nH]1)CCC21CCN(C(=O)c2csc(N)n2)CC1. The summed E-state index contributed by atoms with van der Waals surface area (Å²) in [7, 11) is 0. The van der Waals surface area contributed by atoms with Crippen LogP contribution in [0.2, 0.25) is 0 Å². The molecule has 126 valence electrons. The third kappa shape index (κ3) is 2.27. The highest BCUT2D eigenvalue weighted by Crippen LogP contribution is 2.44. The monoisotopic (exact) mass is 346 g/mol. The molecule has 8 nitrogen and oxygen atoms in total. The Morgan fingerprint density at radius 3 is 2.67 bits per heavy atom. The number of hydrogen-bond donors (Lipinski definition) is 3. The van der Waals surface area contributed by atoms with E-state index in [-0.39, 0.29) is 22.8 Å². The summed E-state index contributed by atoms with van der Waals surface area (Å²) in [5.74, 6) is 0.0749. The number of aromatic nitrogens is 3. The van der Waals surface area contributed by atoms with Crippen LogP contribution in [0, 0.1) is 0 Å². The summed E-state index contributed by atoms with van der Waals surface area (Å²) in [5.41, 5.74) is 13.0. The quantitative estimate of drug-likeness (QED) is 0.689. The Labute approximate surface area is 141 Å². The van der Waals surface area contributed by atoms with Crippen LogP contribution in [0.4, 0.5) is 11.1 Å². The predicted octanol–water partition coefficient (Wildman–Crippen LogP) is 0.511. The highest BCUT2D eigenvalue weighted by molar-refractivity contribution is 7.13. The molecule has 0 radical (unpaired) electrons. The zero-order chi connectivity index (χ0) is 16.9. The van der Waals surface area contributed by atoms with Crippen molar-refractivity contribution in [3.63, 3.8) is 0 Å². The Morgan fingerprint density at radius 2 is 2.00 bits per heavy atom. The van der Waals surface area contributed by atoms with Crippen LogP contribution in [0.5, 0.6) is 0 Å². The van der Waals surface area contributed by atoms with Gasteiger partial charge in [-0.25, -0.2) is 9.97 Å². The summed E-state index contributed by atoms with van der Waals surface area (Å²) in [6.45, 7) is 1.23. The molecule has 0 bridgehead atoms. The minimum Gasteiger partial charge on any atom is -0.375 e. The second kappa shape index (κ2) is 5.30. The van der Waals surface area contributed by atoms with Crippen LogP contribution in [-0.4, -0.2) is 38.8 Å². The average molecular weight is 346 g/mol. The molecule has 1 spiro atoms. The molecule has 0 unspecified atom stereocenters. The molecule has 5 N–H and O–H groups in total. The van der Waals surface area contributed by atoms with E-state index in [1.165, 1.54) is 11.3 Å². The standard InChI is InChI=1S/C15H18N6O2S/c16-13-19-10-8(11(22)20-13)1-2-15(10)3-5-21(6-4-15)12(23)9-7-24-14(17)18-9/h7H,1-6H2,(H2,17,18)(H3,16,19,20,22). The molecule has 1 aliphatic carbocycles. The number of nitrogen functional groups attached to an aromatic ring is 2. The number of nitrogens with one attached hydrogen (secondary N) is 1. The first-order valence-corrected chi connectivity index (χ1v) is 8.76. The first kappa shape index (κ1) is 15.1. The number of likely N-dealkylation sites (tertiary alicyclic amines) is 1. The highest BCUT2D eigenvalue weighted by Gasteiger charge is 2.44. The summed E-state index contributed by atoms with van der Waals surface area (Å²) in [5, 5.41) is 2.09. The second-order valence-electron chi connectivity index (χ2n) is 6.42. The molecule has 2 aliphatic rings. The fourth-order valence-electron chi connectivity index (χ4n) is 3.84. The minimum absolute atomic E-state index is 0.0885. The Balaban J connectivity index is 1.56. The van der Waals surface area contributed by atoms with Gasteiger partial charge in [-0.05, 0) is 25.7 Å². The highest BCUT2D eigenvalue weighted by atomic mass is 32.1. The number of H-pyrrole nitrogens is 1. The summed E-state index contributed by atoms with van der Waals surface area (Å²) in [4.78, 5) is 37.4. The Hall–Kier alpha value is -2.42. The molecule has 0 saturated carbocycles. The van der Waals surface area contributed by atoms with Crippen molar-refractivity contribution >= 4 is 28.3 Å². The van der Waals surface area contributed by atoms with E-state index in [1.54, 1.807) is 10.3 Å². The van der Waals surface area contributed by atoms with E-state index in [0.717, 1.165) is 30.5 Å². The number of anilines is 2. The van der Waals surface area contributed by atoms with Crippen molar-refractivity contribution in [1.29, 1.82) is 0 Å². The summed E-state index contributed by atoms with van der Waals surface area (Å²) < 4.78 is 0. The molecule has 1 saturated heterocycles. The number of amides is 1. The van der Waals surface area contributed by atoms with Crippen LogP contribution < -0.4 is 17.0 Å². The van der Waals surface area contributed by atoms with Crippen LogP contribution in [0.1, 0.15) is 41.0 Å². The van der Waals surface area contributed by atoms with Crippen molar-refractivity contribution in [1.82, 2.24) is 19.9 Å². The van der Waals surface area contributed by atoms with Gasteiger partial charge in [0.1, 0.15) is 5.69 Å². The average Bonchev–Trinajstić information content (AvgIpc) is 3.13. The van der Waals surface area contributed by atoms with E-state index in [1.807, 2.05) is 0 Å². The van der Waals surface area contributed by atoms with Gasteiger partial charge in [-0.1, -0.05) is 0 Å². The Kier molecular flexibility index (Phi) is 3.34. The van der Waals surface area contributed by atoms with E-state index in [9.17, 15) is 9.59 Å². The van der Waals surface area contributed by atoms with Crippen molar-refractivity contribution in [3.05, 3.63) is 32.7 Å². The van der Waals surface area contributed by atoms with Crippen molar-refractivity contribution in [2.75, 3.05) is 24.6 Å². The molecular formula is C15H18N6O2S. The van der Waals surface area contributed by atoms with Crippen molar-refractivity contribution < 1.29 is 4.79 Å². The van der Waals surface area contributed by atoms with Gasteiger partial charge >= 0.3 is 0 Å². The van der Waals surface area contributed by atoms with Gasteiger partial charge in [0.15, 0.2) is 5.13 Å². The van der Waals surface area contributed by atoms with Gasteiger partial charge in [0, 0.05) is 29.4 Å². The molecule has 2 aromatic heterocycles. The van der Waals surface area contributed by atoms with E-state index in [0.29, 0.717) is 30.3 Å². The number of fused-ring (bicyclic) bond motifs is 2. The largest absolute Gasteiger partial charge is 0.375 e. The second-order valence-corrected chi connectivity index (χ2v) is 7.31. The number of carbonyl (C=O) groups is 1. The lowest BCUT2D eigenvalue weighted by Crippen LogP contribution is -2.45. The van der Waals surface area contributed by atoms with E-state index >= 15 is 0 Å². The lowest BCUT2D eigenvalue weighted by molar-refractivity contribution is 0.0658. The lowest BCUT2D eigenvalue weighted by atomic mass is 9.76. The third-order valence-corrected chi connectivity index (χ3v) is 5.81. The van der Waals surface area contributed by atoms with Gasteiger partial charge in [-0.2, -0.15) is 0 Å². The maximum Gasteiger partial charge on any atom is 0.273 e. The molecule has 1 aliphatic heterocycles. The first-order valence-electron chi connectivity index (χ1n) is 7.88. The van der Waals surface area contributed by atoms with Gasteiger partial charge < -0.3 is 16.4 Å². The number of piperidine rings is 1. The van der Waals surface area contributed by atoms with Crippen LogP contribution in [0.15, 0.2) is 10.2 Å². The topological polar surface area (TPSA) is 131 Å². The van der Waals surface area contributed by atoms with Crippen molar-refractivity contribution in [3.8, 4) is 0 Å². The van der Waals surface area contributed by atoms with Gasteiger partial charge in [0.2, 0.25) is 5.95 Å². The summed E-state index contributed by atoms with van der Waals surface area (Å²) in [6.07, 6.45) is 3.16. The molecule has 0 aromatic carbocycles. The number of thiazole rings is 1. The molecule has 1 fully saturated rings. The maximum atomic E-state index is 12.5. The molecule has 24 heavy (non-hydrogen) atoms. The molecule has 4 rings (SSSR count). The number of nitrogens with two attached hydrogens (primary N) is 2. The Bertz CT molecular complexity index is 865. The van der Waals surface area contributed by atoms with Crippen LogP contribution in [0.25, 0.3) is 0 Å². The number of rotatable bonds is 1. The third-order valence-electron chi connectivity index (χ3n) is 5.14. The van der Waals surface area contributed by atoms with Crippen LogP contribution in [-0.2, 0) is 11.8 Å². The van der Waals surface area contributed by atoms with Crippen molar-refractivity contribution in [2.45, 2.75) is 31.1 Å². The maximum absolute atomic E-state index is 12.5. The number of carbonyl (C=O) groups excluding carboxylic acids is 1. The molecule has 3 heterocycles. The molecule has 9 heteroatoms. The number of aromatic amines is 1. The van der Waals surface area contributed by atoms with E-state index in [4.69, 9.17) is 11.5 Å². The van der Waals surface area contributed by atoms with Gasteiger partial charge in [0.25, 0.3) is 11.5 Å². The zero-order valence-corrected chi connectivity index (χ0v) is 13.9. The predicted molar refractivity (Wildman–Crippen MR) is 90.9 cm³/mol.